The van der Waals surface area contributed by atoms with Crippen molar-refractivity contribution in [3.8, 4) is 5.75 Å². The van der Waals surface area contributed by atoms with Crippen LogP contribution >= 0.6 is 0 Å². The lowest BCUT2D eigenvalue weighted by molar-refractivity contribution is -0.141. The average Bonchev–Trinajstić information content (AvgIpc) is 2.38. The molecule has 0 fully saturated rings. The largest absolute Gasteiger partial charge is 0.493 e. The Bertz CT molecular complexity index is 396. The number of methoxy groups -OCH3 is 1. The Balaban J connectivity index is 2.60. The van der Waals surface area contributed by atoms with Gasteiger partial charge >= 0.3 is 5.97 Å². The van der Waals surface area contributed by atoms with E-state index in [2.05, 4.69) is 10.1 Å². The zero-order valence-corrected chi connectivity index (χ0v) is 10.7. The number of hydrogen-bond acceptors (Lipinski definition) is 4. The summed E-state index contributed by atoms with van der Waals surface area (Å²) in [5.74, 6) is -0.0465. The first-order chi connectivity index (χ1) is 8.67. The fraction of sp³-hybridized carbons (Fsp3) is 0.462. The van der Waals surface area contributed by atoms with Crippen molar-refractivity contribution in [3.05, 3.63) is 29.6 Å². The summed E-state index contributed by atoms with van der Waals surface area (Å²) in [6.45, 7) is 3.51. The SMILES string of the molecule is CCNCc1cc(F)ccc1OCCC(=O)OC. The number of carbonyl (C=O) groups excluding carboxylic acids is 1. The number of rotatable bonds is 7. The highest BCUT2D eigenvalue weighted by molar-refractivity contribution is 5.69. The van der Waals surface area contributed by atoms with Crippen molar-refractivity contribution >= 4 is 5.97 Å². The molecule has 0 spiro atoms. The summed E-state index contributed by atoms with van der Waals surface area (Å²) >= 11 is 0. The fourth-order valence-corrected chi connectivity index (χ4v) is 1.43. The minimum absolute atomic E-state index is 0.175. The molecule has 0 aliphatic rings. The molecule has 0 atom stereocenters. The molecule has 5 heteroatoms. The molecule has 100 valence electrons. The van der Waals surface area contributed by atoms with Gasteiger partial charge in [-0.05, 0) is 24.7 Å². The number of esters is 1. The van der Waals surface area contributed by atoms with Gasteiger partial charge in [0.25, 0.3) is 0 Å². The van der Waals surface area contributed by atoms with E-state index in [4.69, 9.17) is 4.74 Å². The maximum absolute atomic E-state index is 13.1. The van der Waals surface area contributed by atoms with E-state index in [0.717, 1.165) is 12.1 Å². The summed E-state index contributed by atoms with van der Waals surface area (Å²) in [6.07, 6.45) is 0.175. The molecule has 0 heterocycles. The molecule has 1 rings (SSSR count). The molecule has 1 aromatic rings. The molecule has 0 aliphatic heterocycles. The van der Waals surface area contributed by atoms with Crippen LogP contribution in [0.4, 0.5) is 4.39 Å². The van der Waals surface area contributed by atoms with Gasteiger partial charge in [0.1, 0.15) is 11.6 Å². The van der Waals surface area contributed by atoms with Crippen molar-refractivity contribution in [2.45, 2.75) is 19.9 Å². The zero-order valence-electron chi connectivity index (χ0n) is 10.7. The Morgan fingerprint density at radius 2 is 2.22 bits per heavy atom. The van der Waals surface area contributed by atoms with Gasteiger partial charge in [-0.15, -0.1) is 0 Å². The minimum Gasteiger partial charge on any atom is -0.493 e. The van der Waals surface area contributed by atoms with Crippen LogP contribution in [0.25, 0.3) is 0 Å². The fourth-order valence-electron chi connectivity index (χ4n) is 1.43. The van der Waals surface area contributed by atoms with Gasteiger partial charge in [0.05, 0.1) is 20.1 Å². The first-order valence-corrected chi connectivity index (χ1v) is 5.86. The lowest BCUT2D eigenvalue weighted by Crippen LogP contribution is -2.14. The Hall–Kier alpha value is -1.62. The predicted molar refractivity (Wildman–Crippen MR) is 65.9 cm³/mol. The lowest BCUT2D eigenvalue weighted by atomic mass is 10.2. The molecule has 0 saturated heterocycles. The average molecular weight is 255 g/mol. The van der Waals surface area contributed by atoms with Crippen LogP contribution in [-0.4, -0.2) is 26.2 Å². The third-order valence-corrected chi connectivity index (χ3v) is 2.38. The zero-order chi connectivity index (χ0) is 13.4. The van der Waals surface area contributed by atoms with Crippen molar-refractivity contribution in [2.24, 2.45) is 0 Å². The summed E-state index contributed by atoms with van der Waals surface area (Å²) < 4.78 is 23.1. The number of nitrogens with one attached hydrogen (secondary N) is 1. The number of halogens is 1. The van der Waals surface area contributed by atoms with Crippen molar-refractivity contribution < 1.29 is 18.7 Å². The second kappa shape index (κ2) is 7.66. The van der Waals surface area contributed by atoms with E-state index in [1.165, 1.54) is 19.2 Å². The van der Waals surface area contributed by atoms with Crippen molar-refractivity contribution in [2.75, 3.05) is 20.3 Å². The molecule has 0 amide bonds. The third-order valence-electron chi connectivity index (χ3n) is 2.38. The molecule has 0 saturated carbocycles. The molecule has 0 radical (unpaired) electrons. The quantitative estimate of drug-likeness (QED) is 0.756. The van der Waals surface area contributed by atoms with Gasteiger partial charge in [-0.1, -0.05) is 6.92 Å². The molecular weight excluding hydrogens is 237 g/mol. The summed E-state index contributed by atoms with van der Waals surface area (Å²) in [4.78, 5) is 10.9. The summed E-state index contributed by atoms with van der Waals surface area (Å²) in [5.41, 5.74) is 0.738. The van der Waals surface area contributed by atoms with E-state index in [1.54, 1.807) is 6.07 Å². The molecule has 0 unspecified atom stereocenters. The maximum atomic E-state index is 13.1. The van der Waals surface area contributed by atoms with Crippen molar-refractivity contribution in [3.63, 3.8) is 0 Å². The van der Waals surface area contributed by atoms with E-state index < -0.39 is 0 Å². The van der Waals surface area contributed by atoms with Gasteiger partial charge in [-0.3, -0.25) is 4.79 Å². The molecule has 18 heavy (non-hydrogen) atoms. The highest BCUT2D eigenvalue weighted by Crippen LogP contribution is 2.19. The monoisotopic (exact) mass is 255 g/mol. The normalized spacial score (nSPS) is 10.2. The van der Waals surface area contributed by atoms with Gasteiger partial charge in [-0.2, -0.15) is 0 Å². The van der Waals surface area contributed by atoms with Crippen LogP contribution in [0.3, 0.4) is 0 Å². The lowest BCUT2D eigenvalue weighted by Gasteiger charge is -2.11. The van der Waals surface area contributed by atoms with Crippen LogP contribution in [0.5, 0.6) is 5.75 Å². The second-order valence-electron chi connectivity index (χ2n) is 3.71. The van der Waals surface area contributed by atoms with Crippen molar-refractivity contribution in [1.82, 2.24) is 5.32 Å². The Morgan fingerprint density at radius 3 is 2.89 bits per heavy atom. The van der Waals surface area contributed by atoms with E-state index in [0.29, 0.717) is 12.3 Å². The van der Waals surface area contributed by atoms with Gasteiger partial charge in [0.15, 0.2) is 0 Å². The molecule has 0 aromatic heterocycles. The smallest absolute Gasteiger partial charge is 0.308 e. The summed E-state index contributed by atoms with van der Waals surface area (Å²) in [5, 5.41) is 3.10. The van der Waals surface area contributed by atoms with Crippen molar-refractivity contribution in [1.29, 1.82) is 0 Å². The van der Waals surface area contributed by atoms with Crippen LogP contribution < -0.4 is 10.1 Å². The number of benzene rings is 1. The standard InChI is InChI=1S/C13H18FNO3/c1-3-15-9-10-8-11(14)4-5-12(10)18-7-6-13(16)17-2/h4-5,8,15H,3,6-7,9H2,1-2H3. The topological polar surface area (TPSA) is 47.6 Å². The highest BCUT2D eigenvalue weighted by Gasteiger charge is 2.06. The number of carbonyl (C=O) groups is 1. The van der Waals surface area contributed by atoms with Gasteiger partial charge in [-0.25, -0.2) is 4.39 Å². The van der Waals surface area contributed by atoms with Crippen LogP contribution in [0.15, 0.2) is 18.2 Å². The number of hydrogen-bond donors (Lipinski definition) is 1. The molecule has 0 bridgehead atoms. The Kier molecular flexibility index (Phi) is 6.14. The highest BCUT2D eigenvalue weighted by atomic mass is 19.1. The third kappa shape index (κ3) is 4.71. The molecule has 0 aliphatic carbocycles. The van der Waals surface area contributed by atoms with Crippen LogP contribution in [0.2, 0.25) is 0 Å². The summed E-state index contributed by atoms with van der Waals surface area (Å²) in [6, 6.07) is 4.33. The van der Waals surface area contributed by atoms with Crippen LogP contribution in [-0.2, 0) is 16.1 Å². The Labute approximate surface area is 106 Å². The molecule has 4 nitrogen and oxygen atoms in total. The van der Waals surface area contributed by atoms with Gasteiger partial charge in [0.2, 0.25) is 0 Å². The Morgan fingerprint density at radius 1 is 1.44 bits per heavy atom. The second-order valence-corrected chi connectivity index (χ2v) is 3.71. The first kappa shape index (κ1) is 14.4. The first-order valence-electron chi connectivity index (χ1n) is 5.86. The van der Waals surface area contributed by atoms with Crippen LogP contribution in [0.1, 0.15) is 18.9 Å². The maximum Gasteiger partial charge on any atom is 0.308 e. The minimum atomic E-state index is -0.328. The van der Waals surface area contributed by atoms with Gasteiger partial charge in [0, 0.05) is 12.1 Å². The summed E-state index contributed by atoms with van der Waals surface area (Å²) in [7, 11) is 1.33. The molecular formula is C13H18FNO3. The van der Waals surface area contributed by atoms with E-state index >= 15 is 0 Å². The molecule has 1 aromatic carbocycles. The predicted octanol–water partition coefficient (Wildman–Crippen LogP) is 1.88. The van der Waals surface area contributed by atoms with E-state index in [1.807, 2.05) is 6.92 Å². The van der Waals surface area contributed by atoms with E-state index in [-0.39, 0.29) is 24.8 Å². The van der Waals surface area contributed by atoms with Gasteiger partial charge < -0.3 is 14.8 Å². The molecule has 1 N–H and O–H groups in total. The number of ether oxygens (including phenoxy) is 2. The van der Waals surface area contributed by atoms with E-state index in [9.17, 15) is 9.18 Å². The van der Waals surface area contributed by atoms with Crippen LogP contribution in [0, 0.1) is 5.82 Å².